The van der Waals surface area contributed by atoms with E-state index in [0.717, 1.165) is 42.5 Å². The number of aliphatic imine (C=N–C) groups is 1. The molecule has 0 unspecified atom stereocenters. The average molecular weight is 365 g/mol. The molecule has 1 aromatic heterocycles. The zero-order chi connectivity index (χ0) is 19.1. The summed E-state index contributed by atoms with van der Waals surface area (Å²) in [4.78, 5) is 22.7. The fourth-order valence-corrected chi connectivity index (χ4v) is 3.44. The predicted octanol–water partition coefficient (Wildman–Crippen LogP) is 3.14. The summed E-state index contributed by atoms with van der Waals surface area (Å²) in [6.07, 6.45) is 6.96. The molecule has 0 saturated carbocycles. The van der Waals surface area contributed by atoms with Crippen molar-refractivity contribution in [3.63, 3.8) is 0 Å². The summed E-state index contributed by atoms with van der Waals surface area (Å²) in [7, 11) is 0. The number of hydrogen-bond donors (Lipinski definition) is 2. The number of likely N-dealkylation sites (tertiary alicyclic amines) is 1. The Labute approximate surface area is 160 Å². The number of nitrogens with zero attached hydrogens (tertiary/aromatic N) is 3. The molecule has 142 valence electrons. The maximum atomic E-state index is 12.0. The van der Waals surface area contributed by atoms with E-state index < -0.39 is 0 Å². The quantitative estimate of drug-likeness (QED) is 0.582. The molecule has 1 aliphatic rings. The number of amidine groups is 1. The van der Waals surface area contributed by atoms with Crippen LogP contribution < -0.4 is 5.73 Å². The van der Waals surface area contributed by atoms with E-state index in [9.17, 15) is 4.79 Å². The highest BCUT2D eigenvalue weighted by atomic mass is 16.1. The van der Waals surface area contributed by atoms with Gasteiger partial charge in [-0.1, -0.05) is 18.6 Å². The van der Waals surface area contributed by atoms with Crippen LogP contribution in [0.15, 0.2) is 41.5 Å². The van der Waals surface area contributed by atoms with Gasteiger partial charge < -0.3 is 16.0 Å². The van der Waals surface area contributed by atoms with Gasteiger partial charge in [-0.25, -0.2) is 4.99 Å². The molecule has 0 spiro atoms. The van der Waals surface area contributed by atoms with E-state index >= 15 is 0 Å². The molecule has 1 fully saturated rings. The van der Waals surface area contributed by atoms with Crippen molar-refractivity contribution >= 4 is 28.4 Å². The molecule has 27 heavy (non-hydrogen) atoms. The molecule has 0 bridgehead atoms. The summed E-state index contributed by atoms with van der Waals surface area (Å²) in [6, 6.07) is 9.48. The number of nitrogens with one attached hydrogen (secondary N) is 1. The van der Waals surface area contributed by atoms with E-state index in [0.29, 0.717) is 12.1 Å². The van der Waals surface area contributed by atoms with Gasteiger partial charge in [-0.15, -0.1) is 0 Å². The lowest BCUT2D eigenvalue weighted by molar-refractivity contribution is -0.117. The molecule has 1 aromatic carbocycles. The lowest BCUT2D eigenvalue weighted by atomic mass is 10.0. The van der Waals surface area contributed by atoms with Gasteiger partial charge >= 0.3 is 0 Å². The van der Waals surface area contributed by atoms with Gasteiger partial charge in [0.2, 0.25) is 5.91 Å². The Bertz CT molecular complexity index is 839. The first-order valence-electron chi connectivity index (χ1n) is 9.62. The Morgan fingerprint density at radius 1 is 1.22 bits per heavy atom. The van der Waals surface area contributed by atoms with Crippen LogP contribution >= 0.6 is 0 Å². The topological polar surface area (TPSA) is 95.4 Å². The standard InChI is InChI=1S/C21H27N5O/c22-18(16-8-9-19-17(14-16)6-4-10-24-19)15-20(23)25-21(27)7-5-13-26-11-2-1-3-12-26/h4,6,8-10,14,22H,1-3,5,7,11-13,15H2,(H2,23,25,27). The van der Waals surface area contributed by atoms with Gasteiger partial charge in [-0.2, -0.15) is 0 Å². The van der Waals surface area contributed by atoms with Crippen molar-refractivity contribution in [1.82, 2.24) is 9.88 Å². The number of rotatable bonds is 7. The molecule has 0 aliphatic carbocycles. The Morgan fingerprint density at radius 2 is 2.04 bits per heavy atom. The van der Waals surface area contributed by atoms with Gasteiger partial charge in [0.05, 0.1) is 5.52 Å². The van der Waals surface area contributed by atoms with Gasteiger partial charge in [-0.3, -0.25) is 9.78 Å². The molecular formula is C21H27N5O. The SMILES string of the molecule is N=C(CC(N)=NC(=O)CCCN1CCCCC1)c1ccc2ncccc2c1. The molecule has 1 saturated heterocycles. The van der Waals surface area contributed by atoms with Gasteiger partial charge in [0, 0.05) is 30.1 Å². The van der Waals surface area contributed by atoms with Crippen molar-refractivity contribution in [2.75, 3.05) is 19.6 Å². The minimum atomic E-state index is -0.194. The average Bonchev–Trinajstić information content (AvgIpc) is 2.68. The minimum Gasteiger partial charge on any atom is -0.387 e. The van der Waals surface area contributed by atoms with Crippen LogP contribution in [0.4, 0.5) is 0 Å². The molecule has 2 heterocycles. The molecule has 1 aliphatic heterocycles. The van der Waals surface area contributed by atoms with E-state index in [2.05, 4.69) is 14.9 Å². The first-order valence-corrected chi connectivity index (χ1v) is 9.62. The predicted molar refractivity (Wildman–Crippen MR) is 109 cm³/mol. The third-order valence-corrected chi connectivity index (χ3v) is 4.89. The van der Waals surface area contributed by atoms with Crippen LogP contribution in [0, 0.1) is 5.41 Å². The van der Waals surface area contributed by atoms with Crippen LogP contribution in [0.5, 0.6) is 0 Å². The number of benzene rings is 1. The van der Waals surface area contributed by atoms with Gasteiger partial charge in [0.15, 0.2) is 0 Å². The van der Waals surface area contributed by atoms with Crippen molar-refractivity contribution in [2.24, 2.45) is 10.7 Å². The molecule has 6 nitrogen and oxygen atoms in total. The van der Waals surface area contributed by atoms with Gasteiger partial charge in [0.25, 0.3) is 0 Å². The smallest absolute Gasteiger partial charge is 0.247 e. The van der Waals surface area contributed by atoms with Gasteiger partial charge in [-0.05, 0) is 62.7 Å². The van der Waals surface area contributed by atoms with Crippen LogP contribution in [0.2, 0.25) is 0 Å². The zero-order valence-electron chi connectivity index (χ0n) is 15.7. The summed E-state index contributed by atoms with van der Waals surface area (Å²) in [5.41, 5.74) is 7.91. The number of pyridine rings is 1. The fraction of sp³-hybridized carbons (Fsp3) is 0.429. The number of nitrogens with two attached hydrogens (primary N) is 1. The fourth-order valence-electron chi connectivity index (χ4n) is 3.44. The van der Waals surface area contributed by atoms with Crippen molar-refractivity contribution < 1.29 is 4.79 Å². The van der Waals surface area contributed by atoms with Crippen LogP contribution in [0.1, 0.15) is 44.1 Å². The van der Waals surface area contributed by atoms with Crippen LogP contribution in [0.25, 0.3) is 10.9 Å². The van der Waals surface area contributed by atoms with Crippen LogP contribution in [-0.4, -0.2) is 47.0 Å². The third-order valence-electron chi connectivity index (χ3n) is 4.89. The highest BCUT2D eigenvalue weighted by Crippen LogP contribution is 2.15. The molecule has 0 radical (unpaired) electrons. The summed E-state index contributed by atoms with van der Waals surface area (Å²) in [5, 5.41) is 9.23. The van der Waals surface area contributed by atoms with Crippen molar-refractivity contribution in [1.29, 1.82) is 5.41 Å². The minimum absolute atomic E-state index is 0.170. The number of piperidine rings is 1. The number of carbonyl (C=O) groups excluding carboxylic acids is 1. The number of aromatic nitrogens is 1. The molecule has 0 atom stereocenters. The Hall–Kier alpha value is -2.60. The highest BCUT2D eigenvalue weighted by molar-refractivity contribution is 6.12. The first kappa shape index (κ1) is 19.2. The highest BCUT2D eigenvalue weighted by Gasteiger charge is 2.11. The Balaban J connectivity index is 1.49. The lowest BCUT2D eigenvalue weighted by Gasteiger charge is -2.25. The number of fused-ring (bicyclic) bond motifs is 1. The van der Waals surface area contributed by atoms with Crippen LogP contribution in [-0.2, 0) is 4.79 Å². The zero-order valence-corrected chi connectivity index (χ0v) is 15.7. The lowest BCUT2D eigenvalue weighted by Crippen LogP contribution is -2.30. The van der Waals surface area contributed by atoms with Gasteiger partial charge in [0.1, 0.15) is 5.84 Å². The molecule has 6 heteroatoms. The summed E-state index contributed by atoms with van der Waals surface area (Å²) in [5.74, 6) is 0.00859. The summed E-state index contributed by atoms with van der Waals surface area (Å²) in [6.45, 7) is 3.22. The summed E-state index contributed by atoms with van der Waals surface area (Å²) >= 11 is 0. The second-order valence-corrected chi connectivity index (χ2v) is 7.07. The van der Waals surface area contributed by atoms with Crippen LogP contribution in [0.3, 0.4) is 0 Å². The molecule has 2 aromatic rings. The van der Waals surface area contributed by atoms with Crippen molar-refractivity contribution in [3.8, 4) is 0 Å². The van der Waals surface area contributed by atoms with E-state index in [-0.39, 0.29) is 18.2 Å². The first-order chi connectivity index (χ1) is 13.1. The van der Waals surface area contributed by atoms with Crippen molar-refractivity contribution in [3.05, 3.63) is 42.1 Å². The number of amides is 1. The van der Waals surface area contributed by atoms with E-state index in [1.54, 1.807) is 6.20 Å². The molecule has 3 rings (SSSR count). The Kier molecular flexibility index (Phi) is 6.65. The second-order valence-electron chi connectivity index (χ2n) is 7.07. The normalized spacial score (nSPS) is 15.8. The third kappa shape index (κ3) is 5.69. The van der Waals surface area contributed by atoms with Crippen molar-refractivity contribution in [2.45, 2.75) is 38.5 Å². The van der Waals surface area contributed by atoms with E-state index in [1.807, 2.05) is 30.3 Å². The number of carbonyl (C=O) groups is 1. The maximum absolute atomic E-state index is 12.0. The second kappa shape index (κ2) is 9.37. The largest absolute Gasteiger partial charge is 0.387 e. The van der Waals surface area contributed by atoms with E-state index in [1.165, 1.54) is 19.3 Å². The summed E-state index contributed by atoms with van der Waals surface area (Å²) < 4.78 is 0. The number of hydrogen-bond acceptors (Lipinski definition) is 4. The maximum Gasteiger partial charge on any atom is 0.247 e. The Morgan fingerprint density at radius 3 is 2.85 bits per heavy atom. The van der Waals surface area contributed by atoms with E-state index in [4.69, 9.17) is 11.1 Å². The molecule has 3 N–H and O–H groups in total. The monoisotopic (exact) mass is 365 g/mol. The molecular weight excluding hydrogens is 338 g/mol. The molecule has 1 amide bonds.